The number of anilines is 1. The number of fused-ring (bicyclic) bond motifs is 1. The predicted octanol–water partition coefficient (Wildman–Crippen LogP) is 3.13. The number of nitrogens with one attached hydrogen (secondary N) is 1. The Labute approximate surface area is 111 Å². The van der Waals surface area contributed by atoms with Crippen molar-refractivity contribution in [3.63, 3.8) is 0 Å². The molecule has 0 saturated heterocycles. The Morgan fingerprint density at radius 2 is 2.22 bits per heavy atom. The number of rotatable bonds is 4. The molecule has 2 rings (SSSR count). The van der Waals surface area contributed by atoms with Crippen LogP contribution in [0.2, 0.25) is 5.02 Å². The lowest BCUT2D eigenvalue weighted by molar-refractivity contribution is 0.419. The summed E-state index contributed by atoms with van der Waals surface area (Å²) in [6.07, 6.45) is 1.92. The molecule has 0 aliphatic carbocycles. The molecule has 18 heavy (non-hydrogen) atoms. The van der Waals surface area contributed by atoms with Gasteiger partial charge in [-0.1, -0.05) is 24.9 Å². The number of halogens is 1. The molecule has 0 fully saturated rings. The van der Waals surface area contributed by atoms with Gasteiger partial charge in [-0.3, -0.25) is 0 Å². The maximum Gasteiger partial charge on any atom is 0.143 e. The van der Waals surface area contributed by atoms with Crippen molar-refractivity contribution >= 4 is 28.3 Å². The van der Waals surface area contributed by atoms with Crippen LogP contribution >= 0.6 is 11.6 Å². The topological polar surface area (TPSA) is 60.2 Å². The molecule has 0 amide bonds. The van der Waals surface area contributed by atoms with Gasteiger partial charge in [0.2, 0.25) is 0 Å². The van der Waals surface area contributed by atoms with Crippen LogP contribution in [0.1, 0.15) is 18.9 Å². The van der Waals surface area contributed by atoms with Crippen molar-refractivity contribution in [1.29, 1.82) is 0 Å². The number of methoxy groups -OCH3 is 1. The maximum absolute atomic E-state index is 6.16. The van der Waals surface area contributed by atoms with E-state index in [0.29, 0.717) is 16.4 Å². The molecule has 0 aliphatic heterocycles. The summed E-state index contributed by atoms with van der Waals surface area (Å²) in [5, 5.41) is 1.50. The molecule has 0 spiro atoms. The van der Waals surface area contributed by atoms with Gasteiger partial charge in [0.15, 0.2) is 0 Å². The lowest BCUT2D eigenvalue weighted by Crippen LogP contribution is -2.11. The lowest BCUT2D eigenvalue weighted by Gasteiger charge is -2.12. The molecule has 2 aromatic rings. The number of hydrazine groups is 1. The Kier molecular flexibility index (Phi) is 3.89. The zero-order valence-electron chi connectivity index (χ0n) is 10.5. The standard InChI is InChI=1S/C13H16ClN3O/c1-3-4-8-7-9-11(18-2)6-5-10(14)12(9)16-13(8)17-15/h5-7H,3-4,15H2,1-2H3,(H,16,17). The Balaban J connectivity index is 2.73. The molecule has 4 nitrogen and oxygen atoms in total. The van der Waals surface area contributed by atoms with Gasteiger partial charge < -0.3 is 10.2 Å². The van der Waals surface area contributed by atoms with E-state index in [1.165, 1.54) is 0 Å². The van der Waals surface area contributed by atoms with Gasteiger partial charge >= 0.3 is 0 Å². The first-order valence-electron chi connectivity index (χ1n) is 5.84. The third-order valence-corrected chi connectivity index (χ3v) is 3.16. The minimum atomic E-state index is 0.588. The highest BCUT2D eigenvalue weighted by Crippen LogP contribution is 2.33. The van der Waals surface area contributed by atoms with Crippen molar-refractivity contribution in [1.82, 2.24) is 4.98 Å². The van der Waals surface area contributed by atoms with Gasteiger partial charge in [0, 0.05) is 5.39 Å². The number of pyridine rings is 1. The van der Waals surface area contributed by atoms with E-state index in [-0.39, 0.29) is 0 Å². The number of aromatic nitrogens is 1. The van der Waals surface area contributed by atoms with E-state index in [1.807, 2.05) is 12.1 Å². The Morgan fingerprint density at radius 1 is 1.44 bits per heavy atom. The van der Waals surface area contributed by atoms with Crippen LogP contribution in [0.25, 0.3) is 10.9 Å². The van der Waals surface area contributed by atoms with Crippen molar-refractivity contribution in [3.05, 3.63) is 28.8 Å². The monoisotopic (exact) mass is 265 g/mol. The molecule has 1 aromatic carbocycles. The minimum absolute atomic E-state index is 0.588. The first-order chi connectivity index (χ1) is 8.71. The third-order valence-electron chi connectivity index (χ3n) is 2.85. The van der Waals surface area contributed by atoms with Crippen molar-refractivity contribution in [2.75, 3.05) is 12.5 Å². The molecular weight excluding hydrogens is 250 g/mol. The van der Waals surface area contributed by atoms with Crippen LogP contribution in [-0.2, 0) is 6.42 Å². The summed E-state index contributed by atoms with van der Waals surface area (Å²) in [6.45, 7) is 2.11. The number of hydrogen-bond donors (Lipinski definition) is 2. The van der Waals surface area contributed by atoms with Crippen molar-refractivity contribution in [3.8, 4) is 5.75 Å². The molecule has 5 heteroatoms. The van der Waals surface area contributed by atoms with Gasteiger partial charge in [0.05, 0.1) is 17.6 Å². The van der Waals surface area contributed by atoms with E-state index in [9.17, 15) is 0 Å². The highest BCUT2D eigenvalue weighted by atomic mass is 35.5. The number of aryl methyl sites for hydroxylation is 1. The predicted molar refractivity (Wildman–Crippen MR) is 75.1 cm³/mol. The van der Waals surface area contributed by atoms with E-state index in [2.05, 4.69) is 17.3 Å². The van der Waals surface area contributed by atoms with Crippen molar-refractivity contribution < 1.29 is 4.74 Å². The number of nitrogen functional groups attached to an aromatic ring is 1. The second-order valence-electron chi connectivity index (χ2n) is 4.04. The molecule has 3 N–H and O–H groups in total. The first-order valence-corrected chi connectivity index (χ1v) is 6.21. The summed E-state index contributed by atoms with van der Waals surface area (Å²) in [6, 6.07) is 5.65. The van der Waals surface area contributed by atoms with Crippen molar-refractivity contribution in [2.45, 2.75) is 19.8 Å². The van der Waals surface area contributed by atoms with Gasteiger partial charge in [-0.2, -0.15) is 0 Å². The molecule has 0 aliphatic rings. The Hall–Kier alpha value is -1.52. The molecule has 0 bridgehead atoms. The number of nitrogens with two attached hydrogens (primary N) is 1. The number of nitrogens with zero attached hydrogens (tertiary/aromatic N) is 1. The molecule has 96 valence electrons. The summed E-state index contributed by atoms with van der Waals surface area (Å²) in [5.41, 5.74) is 4.39. The van der Waals surface area contributed by atoms with Crippen molar-refractivity contribution in [2.24, 2.45) is 5.84 Å². The van der Waals surface area contributed by atoms with Crippen LogP contribution in [0, 0.1) is 0 Å². The fraction of sp³-hybridized carbons (Fsp3) is 0.308. The van der Waals surface area contributed by atoms with Gasteiger partial charge in [0.25, 0.3) is 0 Å². The first kappa shape index (κ1) is 12.9. The summed E-state index contributed by atoms with van der Waals surface area (Å²) in [7, 11) is 1.64. The Bertz CT molecular complexity index is 572. The fourth-order valence-electron chi connectivity index (χ4n) is 2.01. The summed E-state index contributed by atoms with van der Waals surface area (Å²) in [5.74, 6) is 6.94. The average Bonchev–Trinajstić information content (AvgIpc) is 2.39. The van der Waals surface area contributed by atoms with E-state index < -0.39 is 0 Å². The van der Waals surface area contributed by atoms with E-state index in [1.54, 1.807) is 13.2 Å². The second-order valence-corrected chi connectivity index (χ2v) is 4.44. The van der Waals surface area contributed by atoms with Gasteiger partial charge in [-0.25, -0.2) is 10.8 Å². The van der Waals surface area contributed by atoms with Crippen LogP contribution in [0.4, 0.5) is 5.82 Å². The zero-order chi connectivity index (χ0) is 13.1. The lowest BCUT2D eigenvalue weighted by atomic mass is 10.1. The largest absolute Gasteiger partial charge is 0.496 e. The highest BCUT2D eigenvalue weighted by Gasteiger charge is 2.11. The Morgan fingerprint density at radius 3 is 2.83 bits per heavy atom. The van der Waals surface area contributed by atoms with Crippen LogP contribution in [-0.4, -0.2) is 12.1 Å². The molecule has 1 heterocycles. The number of hydrogen-bond acceptors (Lipinski definition) is 4. The van der Waals surface area contributed by atoms with Crippen LogP contribution < -0.4 is 16.0 Å². The third kappa shape index (κ3) is 2.21. The van der Waals surface area contributed by atoms with Gasteiger partial charge in [-0.15, -0.1) is 0 Å². The van der Waals surface area contributed by atoms with Gasteiger partial charge in [-0.05, 0) is 30.2 Å². The number of ether oxygens (including phenoxy) is 1. The summed E-state index contributed by atoms with van der Waals surface area (Å²) in [4.78, 5) is 4.47. The second kappa shape index (κ2) is 5.42. The van der Waals surface area contributed by atoms with Crippen LogP contribution in [0.5, 0.6) is 5.75 Å². The van der Waals surface area contributed by atoms with E-state index in [0.717, 1.165) is 29.5 Å². The quantitative estimate of drug-likeness (QED) is 0.659. The number of benzene rings is 1. The van der Waals surface area contributed by atoms with Crippen LogP contribution in [0.15, 0.2) is 18.2 Å². The summed E-state index contributed by atoms with van der Waals surface area (Å²) < 4.78 is 5.34. The zero-order valence-corrected chi connectivity index (χ0v) is 11.2. The van der Waals surface area contributed by atoms with E-state index >= 15 is 0 Å². The normalized spacial score (nSPS) is 10.7. The highest BCUT2D eigenvalue weighted by molar-refractivity contribution is 6.35. The molecule has 0 atom stereocenters. The fourth-order valence-corrected chi connectivity index (χ4v) is 2.21. The van der Waals surface area contributed by atoms with E-state index in [4.69, 9.17) is 22.2 Å². The molecule has 1 aromatic heterocycles. The molecular formula is C13H16ClN3O. The summed E-state index contributed by atoms with van der Waals surface area (Å²) >= 11 is 6.16. The molecule has 0 saturated carbocycles. The van der Waals surface area contributed by atoms with Crippen LogP contribution in [0.3, 0.4) is 0 Å². The minimum Gasteiger partial charge on any atom is -0.496 e. The molecule has 0 radical (unpaired) electrons. The molecule has 0 unspecified atom stereocenters. The maximum atomic E-state index is 6.16. The van der Waals surface area contributed by atoms with Gasteiger partial charge in [0.1, 0.15) is 11.6 Å². The SMILES string of the molecule is CCCc1cc2c(OC)ccc(Cl)c2nc1NN. The average molecular weight is 266 g/mol. The smallest absolute Gasteiger partial charge is 0.143 e.